The Morgan fingerprint density at radius 2 is 2.29 bits per heavy atom. The molecule has 41 valence electrons. The summed E-state index contributed by atoms with van der Waals surface area (Å²) in [5.74, 6) is 0. The highest BCUT2D eigenvalue weighted by atomic mass is 16.2. The lowest BCUT2D eigenvalue weighted by atomic mass is 10.2. The quantitative estimate of drug-likeness (QED) is 0.381. The van der Waals surface area contributed by atoms with Gasteiger partial charge in [-0.25, -0.2) is 0 Å². The van der Waals surface area contributed by atoms with Crippen LogP contribution in [0.4, 0.5) is 0 Å². The van der Waals surface area contributed by atoms with Gasteiger partial charge in [-0.1, -0.05) is 13.3 Å². The molecule has 7 heavy (non-hydrogen) atoms. The molecule has 0 aromatic heterocycles. The van der Waals surface area contributed by atoms with E-state index < -0.39 is 0 Å². The molecule has 1 nitrogen and oxygen atoms in total. The van der Waals surface area contributed by atoms with Gasteiger partial charge in [0.2, 0.25) is 0 Å². The Labute approximate surface area is 44.7 Å². The molecule has 0 aromatic carbocycles. The van der Waals surface area contributed by atoms with Crippen LogP contribution in [0.1, 0.15) is 26.2 Å². The highest BCUT2D eigenvalue weighted by Gasteiger charge is 1.74. The van der Waals surface area contributed by atoms with Crippen LogP contribution < -0.4 is 0 Å². The smallest absolute Gasteiger partial charge is 0.138 e. The lowest BCUT2D eigenvalue weighted by molar-refractivity contribution is 0.349. The van der Waals surface area contributed by atoms with E-state index in [2.05, 4.69) is 6.92 Å². The summed E-state index contributed by atoms with van der Waals surface area (Å²) in [4.78, 5) is 0. The Bertz CT molecular complexity index is 48.1. The van der Waals surface area contributed by atoms with Crippen molar-refractivity contribution in [3.63, 3.8) is 0 Å². The molecule has 0 heterocycles. The van der Waals surface area contributed by atoms with Crippen LogP contribution in [-0.4, -0.2) is 0 Å². The average molecular weight is 99.2 g/mol. The molecular formula is C6H11O. The van der Waals surface area contributed by atoms with Gasteiger partial charge in [0.15, 0.2) is 0 Å². The van der Waals surface area contributed by atoms with Crippen LogP contribution in [0.15, 0.2) is 12.3 Å². The molecule has 0 aliphatic heterocycles. The van der Waals surface area contributed by atoms with Gasteiger partial charge in [0.1, 0.15) is 6.26 Å². The topological polar surface area (TPSA) is 19.9 Å². The summed E-state index contributed by atoms with van der Waals surface area (Å²) in [6.07, 6.45) is 5.77. The largest absolute Gasteiger partial charge is 0.299 e. The van der Waals surface area contributed by atoms with Gasteiger partial charge < -0.3 is 0 Å². The zero-order valence-corrected chi connectivity index (χ0v) is 4.68. The van der Waals surface area contributed by atoms with Crippen molar-refractivity contribution in [3.05, 3.63) is 12.3 Å². The van der Waals surface area contributed by atoms with Gasteiger partial charge in [0.25, 0.3) is 0 Å². The van der Waals surface area contributed by atoms with E-state index in [-0.39, 0.29) is 0 Å². The molecule has 0 atom stereocenters. The van der Waals surface area contributed by atoms with Crippen LogP contribution >= 0.6 is 0 Å². The van der Waals surface area contributed by atoms with Crippen LogP contribution in [-0.2, 0) is 5.11 Å². The molecule has 1 heteroatoms. The van der Waals surface area contributed by atoms with Gasteiger partial charge in [-0.05, 0) is 18.9 Å². The molecule has 0 N–H and O–H groups in total. The van der Waals surface area contributed by atoms with Crippen molar-refractivity contribution in [2.24, 2.45) is 0 Å². The van der Waals surface area contributed by atoms with E-state index in [0.29, 0.717) is 0 Å². The molecule has 0 unspecified atom stereocenters. The van der Waals surface area contributed by atoms with Crippen molar-refractivity contribution in [2.45, 2.75) is 26.2 Å². The van der Waals surface area contributed by atoms with E-state index in [1.807, 2.05) is 0 Å². The first-order chi connectivity index (χ1) is 3.41. The molecule has 1 radical (unpaired) electrons. The second kappa shape index (κ2) is 5.54. The van der Waals surface area contributed by atoms with E-state index in [1.165, 1.54) is 6.42 Å². The lowest BCUT2D eigenvalue weighted by Crippen LogP contribution is -1.64. The van der Waals surface area contributed by atoms with Gasteiger partial charge in [-0.2, -0.15) is 0 Å². The summed E-state index contributed by atoms with van der Waals surface area (Å²) >= 11 is 0. The highest BCUT2D eigenvalue weighted by molar-refractivity contribution is 4.69. The first kappa shape index (κ1) is 6.54. The third-order valence-electron chi connectivity index (χ3n) is 0.821. The Balaban J connectivity index is 2.69. The van der Waals surface area contributed by atoms with Crippen molar-refractivity contribution in [1.82, 2.24) is 0 Å². The minimum Gasteiger partial charge on any atom is -0.299 e. The van der Waals surface area contributed by atoms with E-state index in [0.717, 1.165) is 19.1 Å². The van der Waals surface area contributed by atoms with E-state index in [4.69, 9.17) is 0 Å². The first-order valence-corrected chi connectivity index (χ1v) is 2.68. The Hall–Kier alpha value is -0.460. The highest BCUT2D eigenvalue weighted by Crippen LogP contribution is 1.92. The second-order valence-corrected chi connectivity index (χ2v) is 1.51. The van der Waals surface area contributed by atoms with Gasteiger partial charge in [0.05, 0.1) is 0 Å². The molecule has 0 aliphatic rings. The Morgan fingerprint density at radius 3 is 2.71 bits per heavy atom. The summed E-state index contributed by atoms with van der Waals surface area (Å²) in [6, 6.07) is 0. The normalized spacial score (nSPS) is 10.4. The lowest BCUT2D eigenvalue weighted by Gasteiger charge is -1.82. The third-order valence-corrected chi connectivity index (χ3v) is 0.821. The number of allylic oxidation sites excluding steroid dienone is 1. The van der Waals surface area contributed by atoms with Crippen molar-refractivity contribution >= 4 is 0 Å². The molecule has 0 bridgehead atoms. The summed E-state index contributed by atoms with van der Waals surface area (Å²) < 4.78 is 0. The van der Waals surface area contributed by atoms with Crippen molar-refractivity contribution in [1.29, 1.82) is 0 Å². The SMILES string of the molecule is CCCCC=C[O]. The third kappa shape index (κ3) is 5.54. The molecule has 0 amide bonds. The van der Waals surface area contributed by atoms with E-state index in [9.17, 15) is 5.11 Å². The molecule has 0 aromatic rings. The first-order valence-electron chi connectivity index (χ1n) is 2.68. The fraction of sp³-hybridized carbons (Fsp3) is 0.667. The fourth-order valence-corrected chi connectivity index (χ4v) is 0.390. The maximum absolute atomic E-state index is 9.62. The minimum atomic E-state index is 0.857. The molecule has 0 rings (SSSR count). The summed E-state index contributed by atoms with van der Waals surface area (Å²) in [7, 11) is 0. The standard InChI is InChI=1S/C6H11O/c1-2-3-4-5-6-7/h5-6H,2-4H2,1H3. The van der Waals surface area contributed by atoms with Crippen LogP contribution in [0.25, 0.3) is 0 Å². The second-order valence-electron chi connectivity index (χ2n) is 1.51. The van der Waals surface area contributed by atoms with Gasteiger partial charge >= 0.3 is 0 Å². The van der Waals surface area contributed by atoms with Crippen LogP contribution in [0.3, 0.4) is 0 Å². The maximum Gasteiger partial charge on any atom is 0.138 e. The number of hydrogen-bond acceptors (Lipinski definition) is 0. The monoisotopic (exact) mass is 99.1 g/mol. The van der Waals surface area contributed by atoms with Crippen molar-refractivity contribution < 1.29 is 5.11 Å². The van der Waals surface area contributed by atoms with Gasteiger partial charge in [-0.3, -0.25) is 5.11 Å². The molecule has 0 aliphatic carbocycles. The number of unbranched alkanes of at least 4 members (excludes halogenated alkanes) is 2. The summed E-state index contributed by atoms with van der Waals surface area (Å²) in [6.45, 7) is 2.11. The Morgan fingerprint density at radius 1 is 1.57 bits per heavy atom. The minimum absolute atomic E-state index is 0.857. The van der Waals surface area contributed by atoms with Crippen molar-refractivity contribution in [3.8, 4) is 0 Å². The van der Waals surface area contributed by atoms with Crippen LogP contribution in [0, 0.1) is 0 Å². The zero-order valence-electron chi connectivity index (χ0n) is 4.68. The number of rotatable bonds is 3. The molecule has 0 saturated carbocycles. The van der Waals surface area contributed by atoms with Crippen LogP contribution in [0.2, 0.25) is 0 Å². The predicted molar refractivity (Wildman–Crippen MR) is 29.4 cm³/mol. The summed E-state index contributed by atoms with van der Waals surface area (Å²) in [5.41, 5.74) is 0. The van der Waals surface area contributed by atoms with Crippen LogP contribution in [0.5, 0.6) is 0 Å². The molecule has 0 spiro atoms. The fourth-order valence-electron chi connectivity index (χ4n) is 0.390. The van der Waals surface area contributed by atoms with Crippen molar-refractivity contribution in [2.75, 3.05) is 0 Å². The van der Waals surface area contributed by atoms with Gasteiger partial charge in [-0.15, -0.1) is 0 Å². The molecule has 0 saturated heterocycles. The molecular weight excluding hydrogens is 88.1 g/mol. The van der Waals surface area contributed by atoms with E-state index >= 15 is 0 Å². The van der Waals surface area contributed by atoms with Gasteiger partial charge in [0, 0.05) is 0 Å². The molecule has 0 fully saturated rings. The average Bonchev–Trinajstić information content (AvgIpc) is 1.69. The van der Waals surface area contributed by atoms with E-state index in [1.54, 1.807) is 6.08 Å². The Kier molecular flexibility index (Phi) is 5.18. The number of hydrogen-bond donors (Lipinski definition) is 0. The predicted octanol–water partition coefficient (Wildman–Crippen LogP) is 2.12. The zero-order chi connectivity index (χ0) is 5.54. The summed E-state index contributed by atoms with van der Waals surface area (Å²) in [5, 5.41) is 9.62. The maximum atomic E-state index is 9.62.